The molecule has 0 N–H and O–H groups in total. The van der Waals surface area contributed by atoms with E-state index in [0.29, 0.717) is 30.4 Å². The fourth-order valence-electron chi connectivity index (χ4n) is 5.86. The Hall–Kier alpha value is -1.40. The highest BCUT2D eigenvalue weighted by atomic mass is 16.7. The van der Waals surface area contributed by atoms with E-state index in [2.05, 4.69) is 6.58 Å². The third-order valence-electron chi connectivity index (χ3n) is 6.51. The Balaban J connectivity index is 1.38. The molecule has 1 saturated heterocycles. The summed E-state index contributed by atoms with van der Waals surface area (Å²) in [6.07, 6.45) is 7.84. The van der Waals surface area contributed by atoms with E-state index in [4.69, 9.17) is 18.9 Å². The van der Waals surface area contributed by atoms with Crippen molar-refractivity contribution in [3.63, 3.8) is 0 Å². The minimum atomic E-state index is -0.462. The normalized spacial score (nSPS) is 39.8. The van der Waals surface area contributed by atoms with Crippen LogP contribution in [0.1, 0.15) is 64.7 Å². The summed E-state index contributed by atoms with van der Waals surface area (Å²) in [4.78, 5) is 24.4. The summed E-state index contributed by atoms with van der Waals surface area (Å²) in [5.41, 5.74) is -0.417. The van der Waals surface area contributed by atoms with E-state index in [0.717, 1.165) is 51.4 Å². The Morgan fingerprint density at radius 2 is 1.81 bits per heavy atom. The van der Waals surface area contributed by atoms with Gasteiger partial charge in [0.05, 0.1) is 12.2 Å². The largest absolute Gasteiger partial charge is 0.456 e. The van der Waals surface area contributed by atoms with Crippen LogP contribution in [0.2, 0.25) is 0 Å². The van der Waals surface area contributed by atoms with Gasteiger partial charge < -0.3 is 18.9 Å². The van der Waals surface area contributed by atoms with Crippen LogP contribution in [0.5, 0.6) is 0 Å². The molecule has 0 aromatic heterocycles. The molecule has 3 unspecified atom stereocenters. The zero-order chi connectivity index (χ0) is 19.1. The molecule has 4 aliphatic carbocycles. The van der Waals surface area contributed by atoms with Crippen molar-refractivity contribution < 1.29 is 28.5 Å². The quantitative estimate of drug-likeness (QED) is 0.522. The Kier molecular flexibility index (Phi) is 5.06. The highest BCUT2D eigenvalue weighted by Crippen LogP contribution is 2.60. The second kappa shape index (κ2) is 7.21. The number of esters is 2. The van der Waals surface area contributed by atoms with E-state index in [1.165, 1.54) is 0 Å². The standard InChI is InChI=1S/C21H30O6/c1-14(2)19(23)27-21-10-15-7-16(11-21)9-20(8-15,13-21)25-12-17(22)26-18-5-3-4-6-24-18/h15-16,18H,1,3-13H2,2H3. The third-order valence-corrected chi connectivity index (χ3v) is 6.51. The lowest BCUT2D eigenvalue weighted by molar-refractivity contribution is -0.238. The smallest absolute Gasteiger partial charge is 0.334 e. The molecule has 6 heteroatoms. The molecule has 0 amide bonds. The molecule has 0 aromatic carbocycles. The second-order valence-electron chi connectivity index (χ2n) is 9.07. The highest BCUT2D eigenvalue weighted by Gasteiger charge is 2.60. The zero-order valence-corrected chi connectivity index (χ0v) is 16.2. The lowest BCUT2D eigenvalue weighted by Crippen LogP contribution is -2.61. The maximum atomic E-state index is 12.2. The summed E-state index contributed by atoms with van der Waals surface area (Å²) < 4.78 is 22.9. The zero-order valence-electron chi connectivity index (χ0n) is 16.2. The molecular formula is C21H30O6. The highest BCUT2D eigenvalue weighted by molar-refractivity contribution is 5.87. The topological polar surface area (TPSA) is 71.1 Å². The summed E-state index contributed by atoms with van der Waals surface area (Å²) >= 11 is 0. The predicted octanol–water partition coefficient (Wildman–Crippen LogP) is 3.28. The van der Waals surface area contributed by atoms with Crippen molar-refractivity contribution >= 4 is 11.9 Å². The molecule has 6 nitrogen and oxygen atoms in total. The molecule has 4 saturated carbocycles. The molecule has 0 aromatic rings. The van der Waals surface area contributed by atoms with E-state index in [9.17, 15) is 9.59 Å². The van der Waals surface area contributed by atoms with Crippen LogP contribution >= 0.6 is 0 Å². The molecule has 5 aliphatic rings. The third kappa shape index (κ3) is 4.06. The van der Waals surface area contributed by atoms with E-state index in [1.54, 1.807) is 6.92 Å². The van der Waals surface area contributed by atoms with Gasteiger partial charge in [-0.25, -0.2) is 9.59 Å². The number of hydrogen-bond acceptors (Lipinski definition) is 6. The molecule has 5 fully saturated rings. The lowest BCUT2D eigenvalue weighted by Gasteiger charge is -2.60. The van der Waals surface area contributed by atoms with Crippen LogP contribution in [-0.2, 0) is 28.5 Å². The van der Waals surface area contributed by atoms with Gasteiger partial charge in [0.1, 0.15) is 12.2 Å². The van der Waals surface area contributed by atoms with Crippen molar-refractivity contribution in [1.29, 1.82) is 0 Å². The SMILES string of the molecule is C=C(C)C(=O)OC12CC3CC(CC(OCC(=O)OC4CCCCO4)(C3)C1)C2. The first kappa shape index (κ1) is 18.9. The van der Waals surface area contributed by atoms with Crippen LogP contribution in [-0.4, -0.2) is 42.6 Å². The number of ether oxygens (including phenoxy) is 4. The van der Waals surface area contributed by atoms with Crippen molar-refractivity contribution in [3.8, 4) is 0 Å². The fourth-order valence-corrected chi connectivity index (χ4v) is 5.86. The monoisotopic (exact) mass is 378 g/mol. The molecule has 150 valence electrons. The Morgan fingerprint density at radius 3 is 2.44 bits per heavy atom. The van der Waals surface area contributed by atoms with E-state index >= 15 is 0 Å². The molecule has 4 bridgehead atoms. The average Bonchev–Trinajstić information content (AvgIpc) is 2.59. The van der Waals surface area contributed by atoms with E-state index in [-0.39, 0.29) is 24.1 Å². The Morgan fingerprint density at radius 1 is 1.11 bits per heavy atom. The number of carbonyl (C=O) groups is 2. The van der Waals surface area contributed by atoms with E-state index in [1.807, 2.05) is 0 Å². The van der Waals surface area contributed by atoms with Gasteiger partial charge >= 0.3 is 11.9 Å². The molecule has 0 spiro atoms. The van der Waals surface area contributed by atoms with Crippen molar-refractivity contribution in [2.75, 3.05) is 13.2 Å². The first-order chi connectivity index (χ1) is 12.9. The lowest BCUT2D eigenvalue weighted by atomic mass is 9.52. The van der Waals surface area contributed by atoms with Gasteiger partial charge in [0.15, 0.2) is 0 Å². The van der Waals surface area contributed by atoms with Gasteiger partial charge in [-0.1, -0.05) is 6.58 Å². The van der Waals surface area contributed by atoms with Gasteiger partial charge in [-0.2, -0.15) is 0 Å². The average molecular weight is 378 g/mol. The van der Waals surface area contributed by atoms with Crippen molar-refractivity contribution in [2.45, 2.75) is 82.2 Å². The van der Waals surface area contributed by atoms with Crippen molar-refractivity contribution in [1.82, 2.24) is 0 Å². The predicted molar refractivity (Wildman–Crippen MR) is 96.7 cm³/mol. The van der Waals surface area contributed by atoms with Crippen molar-refractivity contribution in [2.24, 2.45) is 11.8 Å². The minimum Gasteiger partial charge on any atom is -0.456 e. The maximum absolute atomic E-state index is 12.2. The van der Waals surface area contributed by atoms with Crippen molar-refractivity contribution in [3.05, 3.63) is 12.2 Å². The van der Waals surface area contributed by atoms with Gasteiger partial charge in [-0.15, -0.1) is 0 Å². The maximum Gasteiger partial charge on any atom is 0.334 e. The van der Waals surface area contributed by atoms with Gasteiger partial charge in [-0.3, -0.25) is 0 Å². The molecular weight excluding hydrogens is 348 g/mol. The molecule has 0 radical (unpaired) electrons. The fraction of sp³-hybridized carbons (Fsp3) is 0.810. The summed E-state index contributed by atoms with van der Waals surface area (Å²) in [6.45, 7) is 5.96. The van der Waals surface area contributed by atoms with Gasteiger partial charge in [0.25, 0.3) is 0 Å². The molecule has 1 aliphatic heterocycles. The van der Waals surface area contributed by atoms with Gasteiger partial charge in [0, 0.05) is 18.4 Å². The Labute approximate surface area is 160 Å². The molecule has 5 rings (SSSR count). The van der Waals surface area contributed by atoms with E-state index < -0.39 is 11.9 Å². The number of hydrogen-bond donors (Lipinski definition) is 0. The van der Waals surface area contributed by atoms with Crippen LogP contribution in [0.4, 0.5) is 0 Å². The number of carbonyl (C=O) groups excluding carboxylic acids is 2. The first-order valence-electron chi connectivity index (χ1n) is 10.2. The van der Waals surface area contributed by atoms with Gasteiger partial charge in [-0.05, 0) is 63.7 Å². The summed E-state index contributed by atoms with van der Waals surface area (Å²) in [6, 6.07) is 0. The minimum absolute atomic E-state index is 0.0657. The summed E-state index contributed by atoms with van der Waals surface area (Å²) in [5.74, 6) is 0.287. The summed E-state index contributed by atoms with van der Waals surface area (Å²) in [7, 11) is 0. The van der Waals surface area contributed by atoms with Crippen LogP contribution in [0.25, 0.3) is 0 Å². The van der Waals surface area contributed by atoms with Gasteiger partial charge in [0.2, 0.25) is 6.29 Å². The Bertz CT molecular complexity index is 606. The van der Waals surface area contributed by atoms with Crippen LogP contribution in [0.15, 0.2) is 12.2 Å². The molecule has 1 heterocycles. The summed E-state index contributed by atoms with van der Waals surface area (Å²) in [5, 5.41) is 0. The molecule has 27 heavy (non-hydrogen) atoms. The molecule has 3 atom stereocenters. The first-order valence-corrected chi connectivity index (χ1v) is 10.2. The number of rotatable bonds is 6. The second-order valence-corrected chi connectivity index (χ2v) is 9.07. The van der Waals surface area contributed by atoms with Crippen LogP contribution in [0, 0.1) is 11.8 Å². The van der Waals surface area contributed by atoms with Crippen LogP contribution in [0.3, 0.4) is 0 Å². The van der Waals surface area contributed by atoms with Crippen LogP contribution < -0.4 is 0 Å².